The van der Waals surface area contributed by atoms with Gasteiger partial charge in [-0.15, -0.1) is 0 Å². The van der Waals surface area contributed by atoms with Gasteiger partial charge in [0.25, 0.3) is 5.56 Å². The van der Waals surface area contributed by atoms with E-state index in [0.29, 0.717) is 46.9 Å². The number of nitriles is 1. The van der Waals surface area contributed by atoms with Gasteiger partial charge >= 0.3 is 6.03 Å². The van der Waals surface area contributed by atoms with Gasteiger partial charge in [0.1, 0.15) is 5.82 Å². The molecule has 0 radical (unpaired) electrons. The third-order valence-corrected chi connectivity index (χ3v) is 6.92. The standard InChI is InChI=1S/C32H35N5O2/c1-5-23-14-16-26(17-15-23)37-30(35-28-13-8-7-12-27(28)31(37)38)29(6-2)36(19-18-22(3)4)32(39)34-25-11-9-10-24(20-25)21-33/h7-17,20,22,29H,5-6,18-19H2,1-4H3,(H,34,39). The van der Waals surface area contributed by atoms with Crippen molar-refractivity contribution in [3.63, 3.8) is 0 Å². The van der Waals surface area contributed by atoms with Crippen LogP contribution in [0.15, 0.2) is 77.6 Å². The molecule has 0 fully saturated rings. The fourth-order valence-corrected chi connectivity index (χ4v) is 4.70. The molecule has 1 heterocycles. The summed E-state index contributed by atoms with van der Waals surface area (Å²) in [6.07, 6.45) is 2.23. The highest BCUT2D eigenvalue weighted by Crippen LogP contribution is 2.28. The topological polar surface area (TPSA) is 91.0 Å². The third kappa shape index (κ3) is 6.18. The zero-order chi connectivity index (χ0) is 27.9. The summed E-state index contributed by atoms with van der Waals surface area (Å²) < 4.78 is 1.65. The van der Waals surface area contributed by atoms with Crippen molar-refractivity contribution in [2.75, 3.05) is 11.9 Å². The summed E-state index contributed by atoms with van der Waals surface area (Å²) in [5.41, 5.74) is 3.34. The van der Waals surface area contributed by atoms with Crippen LogP contribution in [0.5, 0.6) is 0 Å². The number of fused-ring (bicyclic) bond motifs is 1. The molecular weight excluding hydrogens is 486 g/mol. The summed E-state index contributed by atoms with van der Waals surface area (Å²) >= 11 is 0. The second-order valence-electron chi connectivity index (χ2n) is 10.1. The first-order valence-electron chi connectivity index (χ1n) is 13.5. The zero-order valence-electron chi connectivity index (χ0n) is 23.0. The first-order chi connectivity index (χ1) is 18.9. The van der Waals surface area contributed by atoms with Crippen LogP contribution in [-0.4, -0.2) is 27.0 Å². The SMILES string of the molecule is CCc1ccc(-n2c(C(CC)N(CCC(C)C)C(=O)Nc3cccc(C#N)c3)nc3ccccc3c2=O)cc1. The third-order valence-electron chi connectivity index (χ3n) is 6.92. The quantitative estimate of drug-likeness (QED) is 0.261. The summed E-state index contributed by atoms with van der Waals surface area (Å²) in [5.74, 6) is 0.892. The molecule has 4 rings (SSSR count). The maximum atomic E-state index is 13.9. The molecule has 0 aliphatic heterocycles. The lowest BCUT2D eigenvalue weighted by Crippen LogP contribution is -2.41. The number of nitrogens with zero attached hydrogens (tertiary/aromatic N) is 4. The summed E-state index contributed by atoms with van der Waals surface area (Å²) in [5, 5.41) is 12.8. The zero-order valence-corrected chi connectivity index (χ0v) is 23.0. The van der Waals surface area contributed by atoms with Gasteiger partial charge in [0, 0.05) is 12.2 Å². The van der Waals surface area contributed by atoms with Crippen molar-refractivity contribution >= 4 is 22.6 Å². The molecule has 0 bridgehead atoms. The van der Waals surface area contributed by atoms with Gasteiger partial charge in [-0.25, -0.2) is 9.78 Å². The molecule has 0 saturated heterocycles. The molecule has 1 aromatic heterocycles. The lowest BCUT2D eigenvalue weighted by molar-refractivity contribution is 0.176. The highest BCUT2D eigenvalue weighted by molar-refractivity contribution is 5.90. The van der Waals surface area contributed by atoms with E-state index in [0.717, 1.165) is 18.5 Å². The smallest absolute Gasteiger partial charge is 0.314 e. The predicted octanol–water partition coefficient (Wildman–Crippen LogP) is 6.85. The monoisotopic (exact) mass is 521 g/mol. The maximum Gasteiger partial charge on any atom is 0.322 e. The fraction of sp³-hybridized carbons (Fsp3) is 0.312. The van der Waals surface area contributed by atoms with Crippen LogP contribution in [-0.2, 0) is 6.42 Å². The Morgan fingerprint density at radius 1 is 1.05 bits per heavy atom. The average molecular weight is 522 g/mol. The number of hydrogen-bond donors (Lipinski definition) is 1. The number of aryl methyl sites for hydroxylation is 1. The Hall–Kier alpha value is -4.44. The first-order valence-corrected chi connectivity index (χ1v) is 13.5. The minimum absolute atomic E-state index is 0.163. The van der Waals surface area contributed by atoms with Gasteiger partial charge in [0.2, 0.25) is 0 Å². The number of nitrogens with one attached hydrogen (secondary N) is 1. The average Bonchev–Trinajstić information content (AvgIpc) is 2.95. The summed E-state index contributed by atoms with van der Waals surface area (Å²) in [6, 6.07) is 23.5. The van der Waals surface area contributed by atoms with E-state index in [2.05, 4.69) is 32.2 Å². The fourth-order valence-electron chi connectivity index (χ4n) is 4.70. The Morgan fingerprint density at radius 3 is 2.46 bits per heavy atom. The van der Waals surface area contributed by atoms with Crippen LogP contribution >= 0.6 is 0 Å². The second kappa shape index (κ2) is 12.4. The molecule has 2 amide bonds. The Morgan fingerprint density at radius 2 is 1.79 bits per heavy atom. The van der Waals surface area contributed by atoms with Crippen LogP contribution in [0.25, 0.3) is 16.6 Å². The van der Waals surface area contributed by atoms with Gasteiger partial charge in [-0.3, -0.25) is 9.36 Å². The first kappa shape index (κ1) is 27.6. The molecule has 4 aromatic rings. The van der Waals surface area contributed by atoms with Crippen molar-refractivity contribution in [2.24, 2.45) is 5.92 Å². The Kier molecular flexibility index (Phi) is 8.77. The van der Waals surface area contributed by atoms with Gasteiger partial charge < -0.3 is 10.2 Å². The van der Waals surface area contributed by atoms with E-state index in [1.165, 1.54) is 5.56 Å². The van der Waals surface area contributed by atoms with Crippen molar-refractivity contribution in [3.05, 3.63) is 100 Å². The highest BCUT2D eigenvalue weighted by atomic mass is 16.2. The number of para-hydroxylation sites is 1. The van der Waals surface area contributed by atoms with E-state index < -0.39 is 6.04 Å². The molecule has 0 saturated carbocycles. The number of amides is 2. The predicted molar refractivity (Wildman–Crippen MR) is 156 cm³/mol. The molecule has 0 aliphatic rings. The van der Waals surface area contributed by atoms with E-state index in [1.807, 2.05) is 49.4 Å². The molecule has 200 valence electrons. The van der Waals surface area contributed by atoms with Crippen molar-refractivity contribution < 1.29 is 4.79 Å². The number of carbonyl (C=O) groups excluding carboxylic acids is 1. The van der Waals surface area contributed by atoms with E-state index in [9.17, 15) is 14.9 Å². The lowest BCUT2D eigenvalue weighted by atomic mass is 10.1. The van der Waals surface area contributed by atoms with Crippen LogP contribution in [0.2, 0.25) is 0 Å². The minimum Gasteiger partial charge on any atom is -0.314 e. The number of rotatable bonds is 9. The van der Waals surface area contributed by atoms with Crippen molar-refractivity contribution in [3.8, 4) is 11.8 Å². The molecule has 39 heavy (non-hydrogen) atoms. The maximum absolute atomic E-state index is 13.9. The molecule has 1 atom stereocenters. The number of hydrogen-bond acceptors (Lipinski definition) is 4. The van der Waals surface area contributed by atoms with Crippen LogP contribution in [0.1, 0.15) is 63.5 Å². The second-order valence-corrected chi connectivity index (χ2v) is 10.1. The van der Waals surface area contributed by atoms with E-state index >= 15 is 0 Å². The highest BCUT2D eigenvalue weighted by Gasteiger charge is 2.29. The molecule has 1 N–H and O–H groups in total. The number of anilines is 1. The van der Waals surface area contributed by atoms with Crippen molar-refractivity contribution in [1.82, 2.24) is 14.5 Å². The molecule has 0 spiro atoms. The van der Waals surface area contributed by atoms with Crippen LogP contribution in [0, 0.1) is 17.2 Å². The van der Waals surface area contributed by atoms with Gasteiger partial charge in [0.05, 0.1) is 34.3 Å². The summed E-state index contributed by atoms with van der Waals surface area (Å²) in [6.45, 7) is 8.81. The summed E-state index contributed by atoms with van der Waals surface area (Å²) in [7, 11) is 0. The van der Waals surface area contributed by atoms with Gasteiger partial charge in [-0.05, 0) is 73.2 Å². The molecule has 7 heteroatoms. The molecule has 7 nitrogen and oxygen atoms in total. The number of benzene rings is 3. The Labute approximate surface area is 229 Å². The largest absolute Gasteiger partial charge is 0.322 e. The van der Waals surface area contributed by atoms with Crippen molar-refractivity contribution in [2.45, 2.75) is 53.0 Å². The number of urea groups is 1. The number of aromatic nitrogens is 2. The molecule has 3 aromatic carbocycles. The van der Waals surface area contributed by atoms with E-state index in [4.69, 9.17) is 4.98 Å². The Balaban J connectivity index is 1.86. The lowest BCUT2D eigenvalue weighted by Gasteiger charge is -2.33. The molecule has 1 unspecified atom stereocenters. The molecule has 0 aliphatic carbocycles. The molecular formula is C32H35N5O2. The van der Waals surface area contributed by atoms with Gasteiger partial charge in [-0.1, -0.05) is 58.0 Å². The van der Waals surface area contributed by atoms with Crippen molar-refractivity contribution in [1.29, 1.82) is 5.26 Å². The minimum atomic E-state index is -0.467. The van der Waals surface area contributed by atoms with Crippen LogP contribution < -0.4 is 10.9 Å². The van der Waals surface area contributed by atoms with Gasteiger partial charge in [-0.2, -0.15) is 5.26 Å². The normalized spacial score (nSPS) is 11.8. The van der Waals surface area contributed by atoms with Crippen LogP contribution in [0.3, 0.4) is 0 Å². The summed E-state index contributed by atoms with van der Waals surface area (Å²) in [4.78, 5) is 34.5. The van der Waals surface area contributed by atoms with E-state index in [1.54, 1.807) is 39.8 Å². The number of carbonyl (C=O) groups is 1. The van der Waals surface area contributed by atoms with Gasteiger partial charge in [0.15, 0.2) is 0 Å². The van der Waals surface area contributed by atoms with E-state index in [-0.39, 0.29) is 11.6 Å². The van der Waals surface area contributed by atoms with Crippen LogP contribution in [0.4, 0.5) is 10.5 Å². The Bertz CT molecular complexity index is 1550.